The van der Waals surface area contributed by atoms with Crippen LogP contribution in [0.1, 0.15) is 19.8 Å². The van der Waals surface area contributed by atoms with Crippen LogP contribution in [0.15, 0.2) is 0 Å². The summed E-state index contributed by atoms with van der Waals surface area (Å²) in [6.45, 7) is 0.716. The third kappa shape index (κ3) is 6.87. The van der Waals surface area contributed by atoms with Crippen molar-refractivity contribution >= 4 is 11.9 Å². The number of ether oxygens (including phenoxy) is 1. The highest BCUT2D eigenvalue weighted by Crippen LogP contribution is 2.09. The Bertz CT molecular complexity index is 211. The lowest BCUT2D eigenvalue weighted by molar-refractivity contribution is -0.154. The molecule has 0 aliphatic rings. The van der Waals surface area contributed by atoms with Crippen molar-refractivity contribution in [3.8, 4) is 0 Å². The van der Waals surface area contributed by atoms with E-state index < -0.39 is 31.3 Å². The zero-order chi connectivity index (χ0) is 11.8. The Morgan fingerprint density at radius 2 is 1.73 bits per heavy atom. The van der Waals surface area contributed by atoms with Crippen LogP contribution in [0.3, 0.4) is 0 Å². The van der Waals surface area contributed by atoms with Gasteiger partial charge in [-0.25, -0.2) is 0 Å². The molecule has 0 spiro atoms. The van der Waals surface area contributed by atoms with Crippen molar-refractivity contribution in [3.05, 3.63) is 0 Å². The standard InChI is InChI=1S/C9H16O6/c1-6(2-8(12)13)3-9(14)15-7(4-10)5-11/h6-7,10-11H,2-5H2,1H3,(H,12,13). The van der Waals surface area contributed by atoms with Crippen molar-refractivity contribution in [3.63, 3.8) is 0 Å². The first kappa shape index (κ1) is 13.9. The molecule has 0 saturated carbocycles. The Hall–Kier alpha value is -1.14. The SMILES string of the molecule is CC(CC(=O)O)CC(=O)OC(CO)CO. The van der Waals surface area contributed by atoms with Gasteiger partial charge in [0, 0.05) is 12.8 Å². The Kier molecular flexibility index (Phi) is 6.64. The number of aliphatic hydroxyl groups excluding tert-OH is 2. The van der Waals surface area contributed by atoms with Gasteiger partial charge in [-0.3, -0.25) is 9.59 Å². The molecule has 6 nitrogen and oxygen atoms in total. The summed E-state index contributed by atoms with van der Waals surface area (Å²) < 4.78 is 4.67. The number of aliphatic hydroxyl groups is 2. The molecule has 0 radical (unpaired) electrons. The molecule has 88 valence electrons. The van der Waals surface area contributed by atoms with Crippen molar-refractivity contribution < 1.29 is 29.6 Å². The molecule has 0 aliphatic heterocycles. The molecule has 0 fully saturated rings. The van der Waals surface area contributed by atoms with E-state index in [0.717, 1.165) is 0 Å². The lowest BCUT2D eigenvalue weighted by atomic mass is 10.0. The van der Waals surface area contributed by atoms with Crippen LogP contribution in [0.5, 0.6) is 0 Å². The first-order chi connectivity index (χ1) is 6.99. The number of hydrogen-bond acceptors (Lipinski definition) is 5. The predicted molar refractivity (Wildman–Crippen MR) is 50.1 cm³/mol. The second-order valence-corrected chi connectivity index (χ2v) is 3.38. The first-order valence-corrected chi connectivity index (χ1v) is 4.62. The summed E-state index contributed by atoms with van der Waals surface area (Å²) in [5.74, 6) is -1.92. The lowest BCUT2D eigenvalue weighted by Crippen LogP contribution is -2.26. The maximum absolute atomic E-state index is 11.1. The van der Waals surface area contributed by atoms with E-state index in [-0.39, 0.29) is 18.8 Å². The van der Waals surface area contributed by atoms with Gasteiger partial charge in [-0.05, 0) is 5.92 Å². The zero-order valence-electron chi connectivity index (χ0n) is 8.55. The Morgan fingerprint density at radius 1 is 1.20 bits per heavy atom. The highest BCUT2D eigenvalue weighted by molar-refractivity contribution is 5.72. The van der Waals surface area contributed by atoms with Gasteiger partial charge in [0.25, 0.3) is 0 Å². The van der Waals surface area contributed by atoms with Gasteiger partial charge in [-0.2, -0.15) is 0 Å². The van der Waals surface area contributed by atoms with Gasteiger partial charge in [0.15, 0.2) is 0 Å². The fourth-order valence-electron chi connectivity index (χ4n) is 1.02. The molecule has 15 heavy (non-hydrogen) atoms. The smallest absolute Gasteiger partial charge is 0.306 e. The van der Waals surface area contributed by atoms with Gasteiger partial charge in [0.05, 0.1) is 13.2 Å². The summed E-state index contributed by atoms with van der Waals surface area (Å²) in [4.78, 5) is 21.4. The van der Waals surface area contributed by atoms with Crippen molar-refractivity contribution in [2.75, 3.05) is 13.2 Å². The second-order valence-electron chi connectivity index (χ2n) is 3.38. The molecule has 6 heteroatoms. The van der Waals surface area contributed by atoms with Gasteiger partial charge in [0.1, 0.15) is 6.10 Å². The summed E-state index contributed by atoms with van der Waals surface area (Å²) in [5.41, 5.74) is 0. The molecule has 0 aliphatic carbocycles. The molecule has 0 aromatic carbocycles. The van der Waals surface area contributed by atoms with Gasteiger partial charge in [-0.15, -0.1) is 0 Å². The minimum absolute atomic E-state index is 0.0389. The van der Waals surface area contributed by atoms with E-state index in [1.165, 1.54) is 0 Å². The number of aliphatic carboxylic acids is 1. The van der Waals surface area contributed by atoms with Gasteiger partial charge in [0.2, 0.25) is 0 Å². The number of rotatable bonds is 7. The minimum Gasteiger partial charge on any atom is -0.481 e. The summed E-state index contributed by atoms with van der Waals surface area (Å²) >= 11 is 0. The van der Waals surface area contributed by atoms with Gasteiger partial charge < -0.3 is 20.1 Å². The van der Waals surface area contributed by atoms with E-state index >= 15 is 0 Å². The van der Waals surface area contributed by atoms with Crippen molar-refractivity contribution in [1.82, 2.24) is 0 Å². The molecule has 0 rings (SSSR count). The van der Waals surface area contributed by atoms with Gasteiger partial charge in [-0.1, -0.05) is 6.92 Å². The number of esters is 1. The van der Waals surface area contributed by atoms with Crippen molar-refractivity contribution in [2.45, 2.75) is 25.9 Å². The molecule has 0 aromatic heterocycles. The second kappa shape index (κ2) is 7.19. The highest BCUT2D eigenvalue weighted by atomic mass is 16.6. The summed E-state index contributed by atoms with van der Waals surface area (Å²) in [7, 11) is 0. The Labute approximate surface area is 87.5 Å². The summed E-state index contributed by atoms with van der Waals surface area (Å²) in [6.07, 6.45) is -1.07. The van der Waals surface area contributed by atoms with Gasteiger partial charge >= 0.3 is 11.9 Å². The number of carbonyl (C=O) groups is 2. The lowest BCUT2D eigenvalue weighted by Gasteiger charge is -2.14. The van der Waals surface area contributed by atoms with Crippen LogP contribution in [0, 0.1) is 5.92 Å². The maximum Gasteiger partial charge on any atom is 0.306 e. The van der Waals surface area contributed by atoms with Crippen LogP contribution in [0.4, 0.5) is 0 Å². The molecule has 1 atom stereocenters. The molecule has 0 saturated heterocycles. The molecule has 0 heterocycles. The number of carboxylic acids is 1. The van der Waals surface area contributed by atoms with Crippen LogP contribution in [-0.4, -0.2) is 46.6 Å². The third-order valence-electron chi connectivity index (χ3n) is 1.74. The first-order valence-electron chi connectivity index (χ1n) is 4.62. The quantitative estimate of drug-likeness (QED) is 0.494. The molecular weight excluding hydrogens is 204 g/mol. The fourth-order valence-corrected chi connectivity index (χ4v) is 1.02. The summed E-state index contributed by atoms with van der Waals surface area (Å²) in [5, 5.41) is 25.7. The topological polar surface area (TPSA) is 104 Å². The molecule has 1 unspecified atom stereocenters. The number of hydrogen-bond donors (Lipinski definition) is 3. The number of carboxylic acid groups (broad SMARTS) is 1. The van der Waals surface area contributed by atoms with E-state index in [0.29, 0.717) is 0 Å². The molecule has 3 N–H and O–H groups in total. The van der Waals surface area contributed by atoms with E-state index in [9.17, 15) is 9.59 Å². The summed E-state index contributed by atoms with van der Waals surface area (Å²) in [6, 6.07) is 0. The van der Waals surface area contributed by atoms with Crippen LogP contribution >= 0.6 is 0 Å². The number of carbonyl (C=O) groups excluding carboxylic acids is 1. The highest BCUT2D eigenvalue weighted by Gasteiger charge is 2.17. The maximum atomic E-state index is 11.1. The zero-order valence-corrected chi connectivity index (χ0v) is 8.55. The van der Waals surface area contributed by atoms with Crippen LogP contribution in [0.25, 0.3) is 0 Å². The van der Waals surface area contributed by atoms with Crippen LogP contribution < -0.4 is 0 Å². The third-order valence-corrected chi connectivity index (χ3v) is 1.74. The Balaban J connectivity index is 3.86. The average Bonchev–Trinajstić information content (AvgIpc) is 2.12. The van der Waals surface area contributed by atoms with Crippen molar-refractivity contribution in [2.24, 2.45) is 5.92 Å². The monoisotopic (exact) mass is 220 g/mol. The minimum atomic E-state index is -0.976. The van der Waals surface area contributed by atoms with Crippen LogP contribution in [0.2, 0.25) is 0 Å². The molecular formula is C9H16O6. The van der Waals surface area contributed by atoms with E-state index in [1.807, 2.05) is 0 Å². The van der Waals surface area contributed by atoms with Crippen molar-refractivity contribution in [1.29, 1.82) is 0 Å². The molecule has 0 amide bonds. The predicted octanol–water partition coefficient (Wildman–Crippen LogP) is -0.616. The normalized spacial score (nSPS) is 12.5. The average molecular weight is 220 g/mol. The van der Waals surface area contributed by atoms with E-state index in [1.54, 1.807) is 6.92 Å². The van der Waals surface area contributed by atoms with E-state index in [2.05, 4.69) is 4.74 Å². The molecule has 0 bridgehead atoms. The largest absolute Gasteiger partial charge is 0.481 e. The van der Waals surface area contributed by atoms with E-state index in [4.69, 9.17) is 15.3 Å². The van der Waals surface area contributed by atoms with Crippen LogP contribution in [-0.2, 0) is 14.3 Å². The fraction of sp³-hybridized carbons (Fsp3) is 0.778. The Morgan fingerprint density at radius 3 is 2.13 bits per heavy atom. The molecule has 0 aromatic rings.